The van der Waals surface area contributed by atoms with Gasteiger partial charge in [-0.05, 0) is 23.5 Å². The minimum absolute atomic E-state index is 0.130. The van der Waals surface area contributed by atoms with Gasteiger partial charge in [0.1, 0.15) is 0 Å². The van der Waals surface area contributed by atoms with Crippen molar-refractivity contribution in [1.29, 1.82) is 0 Å². The van der Waals surface area contributed by atoms with E-state index in [0.29, 0.717) is 5.92 Å². The van der Waals surface area contributed by atoms with Crippen molar-refractivity contribution in [3.63, 3.8) is 0 Å². The predicted octanol–water partition coefficient (Wildman–Crippen LogP) is 1.65. The number of aliphatic hydroxyl groups is 1. The summed E-state index contributed by atoms with van der Waals surface area (Å²) in [6, 6.07) is 0. The first-order chi connectivity index (χ1) is 6.43. The third kappa shape index (κ3) is 3.79. The van der Waals surface area contributed by atoms with E-state index in [1.807, 2.05) is 0 Å². The van der Waals surface area contributed by atoms with E-state index in [2.05, 4.69) is 38.3 Å². The van der Waals surface area contributed by atoms with E-state index in [9.17, 15) is 5.11 Å². The third-order valence-electron chi connectivity index (χ3n) is 2.79. The van der Waals surface area contributed by atoms with Crippen molar-refractivity contribution in [1.82, 2.24) is 4.90 Å². The van der Waals surface area contributed by atoms with Crippen molar-refractivity contribution in [2.45, 2.75) is 33.3 Å². The largest absolute Gasteiger partial charge is 0.392 e. The summed E-state index contributed by atoms with van der Waals surface area (Å²) in [5.74, 6) is 1.52. The molecular weight excluding hydrogens is 194 g/mol. The summed E-state index contributed by atoms with van der Waals surface area (Å²) in [6.45, 7) is 9.66. The highest BCUT2D eigenvalue weighted by Gasteiger charge is 2.27. The van der Waals surface area contributed by atoms with Gasteiger partial charge in [-0.25, -0.2) is 0 Å². The van der Waals surface area contributed by atoms with Gasteiger partial charge in [0, 0.05) is 19.6 Å². The number of hydrogen-bond donors (Lipinski definition) is 2. The van der Waals surface area contributed by atoms with Gasteiger partial charge in [0.05, 0.1) is 6.10 Å². The number of nitrogens with zero attached hydrogens (tertiary/aromatic N) is 1. The van der Waals surface area contributed by atoms with Crippen molar-refractivity contribution < 1.29 is 5.11 Å². The second kappa shape index (κ2) is 4.86. The van der Waals surface area contributed by atoms with Gasteiger partial charge in [-0.3, -0.25) is 4.90 Å². The van der Waals surface area contributed by atoms with Crippen LogP contribution in [0.15, 0.2) is 0 Å². The maximum Gasteiger partial charge on any atom is 0.0670 e. The second-order valence-corrected chi connectivity index (χ2v) is 5.83. The van der Waals surface area contributed by atoms with E-state index < -0.39 is 0 Å². The van der Waals surface area contributed by atoms with Crippen LogP contribution in [0, 0.1) is 11.3 Å². The molecule has 0 aromatic heterocycles. The van der Waals surface area contributed by atoms with Crippen molar-refractivity contribution in [2.24, 2.45) is 11.3 Å². The van der Waals surface area contributed by atoms with Crippen molar-refractivity contribution in [3.05, 3.63) is 0 Å². The first-order valence-corrected chi connectivity index (χ1v) is 6.07. The predicted molar refractivity (Wildman–Crippen MR) is 63.9 cm³/mol. The summed E-state index contributed by atoms with van der Waals surface area (Å²) >= 11 is 4.36. The number of aliphatic hydroxyl groups excluding tert-OH is 1. The summed E-state index contributed by atoms with van der Waals surface area (Å²) in [7, 11) is 0. The lowest BCUT2D eigenvalue weighted by Crippen LogP contribution is -2.46. The summed E-state index contributed by atoms with van der Waals surface area (Å²) in [5.41, 5.74) is 0.250. The number of β-amino-alcohol motifs (C(OH)–C–C–N with tert-alkyl or cyclic N) is 1. The lowest BCUT2D eigenvalue weighted by Gasteiger charge is -2.38. The molecule has 1 N–H and O–H groups in total. The summed E-state index contributed by atoms with van der Waals surface area (Å²) in [6.07, 6.45) is 0.826. The molecule has 1 fully saturated rings. The van der Waals surface area contributed by atoms with Crippen LogP contribution in [0.2, 0.25) is 0 Å². The Morgan fingerprint density at radius 3 is 2.57 bits per heavy atom. The molecule has 0 aliphatic carbocycles. The Labute approximate surface area is 93.1 Å². The SMILES string of the molecule is CC1CC(O)CN(CC(C)(C)CS)C1. The Bertz CT molecular complexity index is 174. The second-order valence-electron chi connectivity index (χ2n) is 5.51. The molecule has 2 unspecified atom stereocenters. The highest BCUT2D eigenvalue weighted by molar-refractivity contribution is 7.80. The van der Waals surface area contributed by atoms with E-state index in [1.54, 1.807) is 0 Å². The fraction of sp³-hybridized carbons (Fsp3) is 1.00. The molecule has 1 aliphatic rings. The molecule has 1 rings (SSSR count). The standard InChI is InChI=1S/C11H23NOS/c1-9-4-10(13)6-12(5-9)7-11(2,3)8-14/h9-10,13-14H,4-8H2,1-3H3. The molecular formula is C11H23NOS. The van der Waals surface area contributed by atoms with Crippen LogP contribution < -0.4 is 0 Å². The molecule has 0 amide bonds. The van der Waals surface area contributed by atoms with Crippen LogP contribution in [-0.2, 0) is 0 Å². The molecule has 1 aliphatic heterocycles. The fourth-order valence-electron chi connectivity index (χ4n) is 2.21. The summed E-state index contributed by atoms with van der Waals surface area (Å²) in [5, 5.41) is 9.66. The summed E-state index contributed by atoms with van der Waals surface area (Å²) < 4.78 is 0. The van der Waals surface area contributed by atoms with Gasteiger partial charge in [0.2, 0.25) is 0 Å². The Morgan fingerprint density at radius 1 is 1.43 bits per heavy atom. The van der Waals surface area contributed by atoms with Crippen LogP contribution in [-0.4, -0.2) is 41.5 Å². The van der Waals surface area contributed by atoms with Gasteiger partial charge < -0.3 is 5.11 Å². The van der Waals surface area contributed by atoms with Crippen LogP contribution in [0.3, 0.4) is 0 Å². The van der Waals surface area contributed by atoms with Crippen LogP contribution in [0.1, 0.15) is 27.2 Å². The minimum Gasteiger partial charge on any atom is -0.392 e. The average molecular weight is 217 g/mol. The molecule has 0 saturated carbocycles. The number of hydrogen-bond acceptors (Lipinski definition) is 3. The number of likely N-dealkylation sites (tertiary alicyclic amines) is 1. The highest BCUT2D eigenvalue weighted by atomic mass is 32.1. The lowest BCUT2D eigenvalue weighted by atomic mass is 9.92. The molecule has 3 heteroatoms. The minimum atomic E-state index is -0.130. The lowest BCUT2D eigenvalue weighted by molar-refractivity contribution is 0.0300. The monoisotopic (exact) mass is 217 g/mol. The smallest absolute Gasteiger partial charge is 0.0670 e. The number of thiol groups is 1. The van der Waals surface area contributed by atoms with Crippen molar-refractivity contribution >= 4 is 12.6 Å². The molecule has 84 valence electrons. The molecule has 0 aromatic carbocycles. The molecule has 14 heavy (non-hydrogen) atoms. The van der Waals surface area contributed by atoms with Crippen molar-refractivity contribution in [3.8, 4) is 0 Å². The van der Waals surface area contributed by atoms with E-state index in [-0.39, 0.29) is 11.5 Å². The first kappa shape index (κ1) is 12.3. The van der Waals surface area contributed by atoms with Gasteiger partial charge in [0.25, 0.3) is 0 Å². The number of piperidine rings is 1. The van der Waals surface area contributed by atoms with Gasteiger partial charge in [-0.15, -0.1) is 0 Å². The van der Waals surface area contributed by atoms with E-state index in [4.69, 9.17) is 0 Å². The van der Waals surface area contributed by atoms with Crippen molar-refractivity contribution in [2.75, 3.05) is 25.4 Å². The zero-order valence-electron chi connectivity index (χ0n) is 9.53. The zero-order chi connectivity index (χ0) is 10.8. The fourth-order valence-corrected chi connectivity index (χ4v) is 2.31. The quantitative estimate of drug-likeness (QED) is 0.702. The first-order valence-electron chi connectivity index (χ1n) is 5.44. The zero-order valence-corrected chi connectivity index (χ0v) is 10.4. The molecule has 0 aromatic rings. The average Bonchev–Trinajstić information content (AvgIpc) is 2.01. The Balaban J connectivity index is 2.44. The molecule has 0 radical (unpaired) electrons. The normalized spacial score (nSPS) is 30.6. The van der Waals surface area contributed by atoms with Gasteiger partial charge in [-0.1, -0.05) is 20.8 Å². The Kier molecular flexibility index (Phi) is 4.29. The number of rotatable bonds is 3. The molecule has 1 heterocycles. The molecule has 0 bridgehead atoms. The van der Waals surface area contributed by atoms with E-state index in [0.717, 1.165) is 31.8 Å². The van der Waals surface area contributed by atoms with E-state index in [1.165, 1.54) is 0 Å². The van der Waals surface area contributed by atoms with Gasteiger partial charge in [0.15, 0.2) is 0 Å². The van der Waals surface area contributed by atoms with E-state index >= 15 is 0 Å². The third-order valence-corrected chi connectivity index (χ3v) is 3.65. The van der Waals surface area contributed by atoms with Crippen LogP contribution >= 0.6 is 12.6 Å². The Hall–Kier alpha value is 0.270. The molecule has 2 atom stereocenters. The Morgan fingerprint density at radius 2 is 2.07 bits per heavy atom. The van der Waals surface area contributed by atoms with Gasteiger partial charge in [-0.2, -0.15) is 12.6 Å². The van der Waals surface area contributed by atoms with Crippen LogP contribution in [0.4, 0.5) is 0 Å². The topological polar surface area (TPSA) is 23.5 Å². The molecule has 2 nitrogen and oxygen atoms in total. The van der Waals surface area contributed by atoms with Gasteiger partial charge >= 0.3 is 0 Å². The molecule has 0 spiro atoms. The van der Waals surface area contributed by atoms with Crippen LogP contribution in [0.5, 0.6) is 0 Å². The van der Waals surface area contributed by atoms with Crippen LogP contribution in [0.25, 0.3) is 0 Å². The summed E-state index contributed by atoms with van der Waals surface area (Å²) in [4.78, 5) is 2.37. The molecule has 1 saturated heterocycles. The highest BCUT2D eigenvalue weighted by Crippen LogP contribution is 2.23. The maximum atomic E-state index is 9.66. The maximum absolute atomic E-state index is 9.66.